The predicted octanol–water partition coefficient (Wildman–Crippen LogP) is 3.27. The number of rotatable bonds is 4. The Hall–Kier alpha value is -1.80. The van der Waals surface area contributed by atoms with Crippen molar-refractivity contribution >= 4 is 29.1 Å². The summed E-state index contributed by atoms with van der Waals surface area (Å²) in [6, 6.07) is 33.1. The van der Waals surface area contributed by atoms with E-state index in [4.69, 9.17) is 0 Å². The maximum atomic E-state index is 2.51. The van der Waals surface area contributed by atoms with Crippen molar-refractivity contribution in [2.75, 3.05) is 0 Å². The van der Waals surface area contributed by atoms with Crippen molar-refractivity contribution in [3.05, 3.63) is 101 Å². The van der Waals surface area contributed by atoms with E-state index in [1.165, 1.54) is 10.7 Å². The molecule has 0 radical (unpaired) electrons. The normalized spacial score (nSPS) is 11.7. The second-order valence-electron chi connectivity index (χ2n) is 5.41. The van der Waals surface area contributed by atoms with Crippen LogP contribution in [0.2, 0.25) is 0 Å². The zero-order valence-corrected chi connectivity index (χ0v) is 15.7. The summed E-state index contributed by atoms with van der Waals surface area (Å²) >= 11 is -3.05. The summed E-state index contributed by atoms with van der Waals surface area (Å²) in [5.74, 6) is 0. The number of allylic oxidation sites excluding steroid dienone is 1. The molecule has 0 saturated heterocycles. The Morgan fingerprint density at radius 3 is 1.14 bits per heavy atom. The van der Waals surface area contributed by atoms with E-state index in [0.717, 1.165) is 0 Å². The summed E-state index contributed by atoms with van der Waals surface area (Å²) in [7, 11) is 0. The summed E-state index contributed by atoms with van der Waals surface area (Å²) in [6.07, 6.45) is 2.24. The van der Waals surface area contributed by atoms with E-state index in [9.17, 15) is 0 Å². The van der Waals surface area contributed by atoms with Crippen LogP contribution in [0, 0.1) is 0 Å². The van der Waals surface area contributed by atoms with Crippen molar-refractivity contribution in [3.63, 3.8) is 0 Å². The molecule has 0 aliphatic rings. The van der Waals surface area contributed by atoms with Crippen molar-refractivity contribution in [1.82, 2.24) is 0 Å². The molecule has 0 saturated carbocycles. The van der Waals surface area contributed by atoms with Gasteiger partial charge in [0.05, 0.1) is 0 Å². The molecule has 0 fully saturated rings. The molecule has 0 unspecified atom stereocenters. The van der Waals surface area contributed by atoms with Crippen molar-refractivity contribution in [2.24, 2.45) is 0 Å². The minimum absolute atomic E-state index is 1.49. The van der Waals surface area contributed by atoms with Crippen LogP contribution in [0.25, 0.3) is 0 Å². The minimum atomic E-state index is -3.05. The van der Waals surface area contributed by atoms with Gasteiger partial charge in [-0.1, -0.05) is 0 Å². The van der Waals surface area contributed by atoms with Crippen LogP contribution in [-0.4, -0.2) is 18.4 Å². The van der Waals surface area contributed by atoms with Crippen molar-refractivity contribution in [3.8, 4) is 0 Å². The molecule has 0 nitrogen and oxygen atoms in total. The quantitative estimate of drug-likeness (QED) is 0.600. The van der Waals surface area contributed by atoms with Crippen LogP contribution in [0.4, 0.5) is 0 Å². The van der Waals surface area contributed by atoms with Crippen molar-refractivity contribution in [2.45, 2.75) is 6.92 Å². The van der Waals surface area contributed by atoms with Gasteiger partial charge in [0.1, 0.15) is 0 Å². The monoisotopic (exact) mass is 392 g/mol. The Kier molecular flexibility index (Phi) is 4.79. The SMILES string of the molecule is CC=[CH][Sn]([c]1ccccc1)([c]1ccccc1)[c]1ccccc1. The summed E-state index contributed by atoms with van der Waals surface area (Å²) in [6.45, 7) is 2.14. The van der Waals surface area contributed by atoms with Gasteiger partial charge in [0, 0.05) is 0 Å². The van der Waals surface area contributed by atoms with Gasteiger partial charge < -0.3 is 0 Å². The molecule has 0 atom stereocenters. The molecule has 1 heteroatoms. The Balaban J connectivity index is 2.34. The average molecular weight is 391 g/mol. The summed E-state index contributed by atoms with van der Waals surface area (Å²) < 4.78 is 6.99. The Morgan fingerprint density at radius 1 is 0.545 bits per heavy atom. The maximum absolute atomic E-state index is 3.05. The molecule has 0 heterocycles. The zero-order valence-electron chi connectivity index (χ0n) is 12.8. The molecule has 22 heavy (non-hydrogen) atoms. The first-order valence-electron chi connectivity index (χ1n) is 7.68. The molecule has 0 aromatic heterocycles. The molecule has 3 aromatic carbocycles. The van der Waals surface area contributed by atoms with E-state index in [1.807, 2.05) is 0 Å². The molecule has 0 aliphatic carbocycles. The average Bonchev–Trinajstić information content (AvgIpc) is 2.62. The second kappa shape index (κ2) is 6.97. The first-order valence-corrected chi connectivity index (χ1v) is 13.6. The molecular formula is C21H20Sn. The van der Waals surface area contributed by atoms with Crippen LogP contribution < -0.4 is 10.7 Å². The third kappa shape index (κ3) is 2.76. The van der Waals surface area contributed by atoms with Crippen LogP contribution >= 0.6 is 0 Å². The first-order chi connectivity index (χ1) is 10.9. The number of hydrogen-bond donors (Lipinski definition) is 0. The van der Waals surface area contributed by atoms with Gasteiger partial charge in [-0.05, 0) is 0 Å². The third-order valence-corrected chi connectivity index (χ3v) is 17.1. The Morgan fingerprint density at radius 2 is 0.864 bits per heavy atom. The molecule has 0 N–H and O–H groups in total. The third-order valence-electron chi connectivity index (χ3n) is 4.10. The summed E-state index contributed by atoms with van der Waals surface area (Å²) in [4.78, 5) is 0. The van der Waals surface area contributed by atoms with Crippen LogP contribution in [0.3, 0.4) is 0 Å². The van der Waals surface area contributed by atoms with E-state index in [1.54, 1.807) is 0 Å². The van der Waals surface area contributed by atoms with E-state index in [2.05, 4.69) is 108 Å². The second-order valence-corrected chi connectivity index (χ2v) is 15.9. The van der Waals surface area contributed by atoms with Crippen LogP contribution in [0.5, 0.6) is 0 Å². The van der Waals surface area contributed by atoms with Gasteiger partial charge in [-0.2, -0.15) is 0 Å². The fourth-order valence-electron chi connectivity index (χ4n) is 3.14. The molecule has 0 spiro atoms. The molecule has 3 aromatic rings. The van der Waals surface area contributed by atoms with Gasteiger partial charge in [0.25, 0.3) is 0 Å². The van der Waals surface area contributed by atoms with Gasteiger partial charge in [-0.25, -0.2) is 0 Å². The van der Waals surface area contributed by atoms with Crippen LogP contribution in [-0.2, 0) is 0 Å². The standard InChI is InChI=1S/3C6H5.C3H5.Sn/c3*1-2-4-6-5-3-1;1-3-2;/h3*1-5H;1,3H,2H3;. The van der Waals surface area contributed by atoms with E-state index >= 15 is 0 Å². The number of hydrogen-bond acceptors (Lipinski definition) is 0. The van der Waals surface area contributed by atoms with Gasteiger partial charge >= 0.3 is 137 Å². The molecule has 3 rings (SSSR count). The summed E-state index contributed by atoms with van der Waals surface area (Å²) in [5.41, 5.74) is 0. The van der Waals surface area contributed by atoms with Gasteiger partial charge in [0.15, 0.2) is 0 Å². The van der Waals surface area contributed by atoms with E-state index in [-0.39, 0.29) is 0 Å². The van der Waals surface area contributed by atoms with Crippen molar-refractivity contribution < 1.29 is 0 Å². The van der Waals surface area contributed by atoms with Gasteiger partial charge in [0.2, 0.25) is 0 Å². The Bertz CT molecular complexity index is 634. The molecule has 108 valence electrons. The predicted molar refractivity (Wildman–Crippen MR) is 98.8 cm³/mol. The van der Waals surface area contributed by atoms with Gasteiger partial charge in [-0.3, -0.25) is 0 Å². The Labute approximate surface area is 137 Å². The first kappa shape index (κ1) is 15.1. The van der Waals surface area contributed by atoms with E-state index < -0.39 is 18.4 Å². The van der Waals surface area contributed by atoms with E-state index in [0.29, 0.717) is 0 Å². The number of benzene rings is 3. The van der Waals surface area contributed by atoms with Crippen LogP contribution in [0.15, 0.2) is 101 Å². The van der Waals surface area contributed by atoms with Crippen molar-refractivity contribution in [1.29, 1.82) is 0 Å². The summed E-state index contributed by atoms with van der Waals surface area (Å²) in [5, 5.41) is 0. The molecule has 0 aliphatic heterocycles. The molecule has 0 bridgehead atoms. The molecule has 0 amide bonds. The van der Waals surface area contributed by atoms with Crippen LogP contribution in [0.1, 0.15) is 6.92 Å². The zero-order chi connectivity index (χ0) is 15.3. The fraction of sp³-hybridized carbons (Fsp3) is 0.0476. The molecular weight excluding hydrogens is 371 g/mol. The fourth-order valence-corrected chi connectivity index (χ4v) is 15.2. The van der Waals surface area contributed by atoms with Gasteiger partial charge in [-0.15, -0.1) is 0 Å². The topological polar surface area (TPSA) is 0 Å².